The predicted octanol–water partition coefficient (Wildman–Crippen LogP) is 6.64. The number of nitrogens with one attached hydrogen (secondary N) is 1. The summed E-state index contributed by atoms with van der Waals surface area (Å²) in [6.45, 7) is 4.13. The van der Waals surface area contributed by atoms with Gasteiger partial charge in [-0.15, -0.1) is 11.3 Å². The van der Waals surface area contributed by atoms with Gasteiger partial charge >= 0.3 is 0 Å². The van der Waals surface area contributed by atoms with Crippen LogP contribution in [0.3, 0.4) is 0 Å². The van der Waals surface area contributed by atoms with Gasteiger partial charge in [-0.3, -0.25) is 4.98 Å². The third-order valence-electron chi connectivity index (χ3n) is 5.00. The number of thiazole rings is 1. The number of fused-ring (bicyclic) bond motifs is 1. The number of pyridine rings is 1. The zero-order chi connectivity index (χ0) is 19.1. The van der Waals surface area contributed by atoms with E-state index in [0.29, 0.717) is 0 Å². The average molecular weight is 382 g/mol. The lowest BCUT2D eigenvalue weighted by molar-refractivity contribution is 1.20. The number of H-pyrrole nitrogens is 1. The van der Waals surface area contributed by atoms with Crippen molar-refractivity contribution >= 4 is 22.2 Å². The van der Waals surface area contributed by atoms with Gasteiger partial charge in [0, 0.05) is 39.6 Å². The summed E-state index contributed by atoms with van der Waals surface area (Å²) < 4.78 is 0. The molecule has 0 fully saturated rings. The molecule has 136 valence electrons. The van der Waals surface area contributed by atoms with Gasteiger partial charge in [0.05, 0.1) is 10.6 Å². The molecule has 1 N–H and O–H groups in total. The van der Waals surface area contributed by atoms with Crippen LogP contribution in [-0.2, 0) is 0 Å². The first-order valence-electron chi connectivity index (χ1n) is 9.27. The number of hydrogen-bond acceptors (Lipinski definition) is 3. The Kier molecular flexibility index (Phi) is 4.06. The molecule has 28 heavy (non-hydrogen) atoms. The summed E-state index contributed by atoms with van der Waals surface area (Å²) in [7, 11) is 0. The maximum Gasteiger partial charge on any atom is 0.124 e. The summed E-state index contributed by atoms with van der Waals surface area (Å²) in [6.07, 6.45) is 1.83. The molecule has 0 aliphatic rings. The molecule has 3 nitrogen and oxygen atoms in total. The highest BCUT2D eigenvalue weighted by molar-refractivity contribution is 7.18. The van der Waals surface area contributed by atoms with Crippen LogP contribution in [0.4, 0.5) is 0 Å². The van der Waals surface area contributed by atoms with Gasteiger partial charge in [0.2, 0.25) is 0 Å². The summed E-state index contributed by atoms with van der Waals surface area (Å²) in [5, 5.41) is 2.26. The van der Waals surface area contributed by atoms with Crippen molar-refractivity contribution in [1.29, 1.82) is 0 Å². The first kappa shape index (κ1) is 16.9. The summed E-state index contributed by atoms with van der Waals surface area (Å²) in [6, 6.07) is 23.2. The first-order chi connectivity index (χ1) is 13.7. The Labute approximate surface area is 167 Å². The quantitative estimate of drug-likeness (QED) is 0.381. The van der Waals surface area contributed by atoms with Crippen LogP contribution >= 0.6 is 11.3 Å². The Morgan fingerprint density at radius 2 is 1.68 bits per heavy atom. The fourth-order valence-corrected chi connectivity index (χ4v) is 4.62. The van der Waals surface area contributed by atoms with Crippen molar-refractivity contribution < 1.29 is 0 Å². The maximum absolute atomic E-state index is 4.80. The molecule has 0 bridgehead atoms. The van der Waals surface area contributed by atoms with E-state index in [-0.39, 0.29) is 0 Å². The second-order valence-corrected chi connectivity index (χ2v) is 7.92. The zero-order valence-electron chi connectivity index (χ0n) is 15.7. The molecule has 0 amide bonds. The van der Waals surface area contributed by atoms with Gasteiger partial charge in [-0.25, -0.2) is 4.98 Å². The van der Waals surface area contributed by atoms with Crippen molar-refractivity contribution in [3.63, 3.8) is 0 Å². The third-order valence-corrected chi connectivity index (χ3v) is 6.25. The molecule has 5 aromatic rings. The number of hydrogen-bond donors (Lipinski definition) is 1. The lowest BCUT2D eigenvalue weighted by atomic mass is 10.1. The van der Waals surface area contributed by atoms with E-state index in [1.54, 1.807) is 11.3 Å². The van der Waals surface area contributed by atoms with Crippen molar-refractivity contribution in [3.05, 3.63) is 84.3 Å². The van der Waals surface area contributed by atoms with Crippen molar-refractivity contribution in [1.82, 2.24) is 15.0 Å². The number of benzene rings is 2. The van der Waals surface area contributed by atoms with Gasteiger partial charge in [0.15, 0.2) is 0 Å². The van der Waals surface area contributed by atoms with Gasteiger partial charge in [0.1, 0.15) is 5.01 Å². The highest BCUT2D eigenvalue weighted by Gasteiger charge is 2.13. The van der Waals surface area contributed by atoms with Crippen LogP contribution in [0.1, 0.15) is 11.4 Å². The van der Waals surface area contributed by atoms with Crippen LogP contribution in [0.2, 0.25) is 0 Å². The van der Waals surface area contributed by atoms with Gasteiger partial charge < -0.3 is 4.98 Å². The van der Waals surface area contributed by atoms with E-state index >= 15 is 0 Å². The van der Waals surface area contributed by atoms with Crippen molar-refractivity contribution in [3.8, 4) is 32.3 Å². The molecule has 0 saturated heterocycles. The van der Waals surface area contributed by atoms with E-state index in [4.69, 9.17) is 4.98 Å². The van der Waals surface area contributed by atoms with E-state index in [9.17, 15) is 0 Å². The summed E-state index contributed by atoms with van der Waals surface area (Å²) in [4.78, 5) is 14.0. The Balaban J connectivity index is 1.57. The summed E-state index contributed by atoms with van der Waals surface area (Å²) in [5.74, 6) is 0. The van der Waals surface area contributed by atoms with Gasteiger partial charge in [-0.1, -0.05) is 36.4 Å². The monoisotopic (exact) mass is 381 g/mol. The average Bonchev–Trinajstić information content (AvgIpc) is 3.32. The number of aromatic nitrogens is 3. The second kappa shape index (κ2) is 6.73. The summed E-state index contributed by atoms with van der Waals surface area (Å²) >= 11 is 1.75. The molecule has 3 aromatic heterocycles. The molecule has 0 radical (unpaired) electrons. The van der Waals surface area contributed by atoms with E-state index in [1.807, 2.05) is 25.3 Å². The molecule has 5 rings (SSSR count). The third kappa shape index (κ3) is 2.92. The number of rotatable bonds is 3. The molecule has 0 unspecified atom stereocenters. The number of nitrogens with zero attached hydrogens (tertiary/aromatic N) is 2. The molecule has 0 aliphatic carbocycles. The summed E-state index contributed by atoms with van der Waals surface area (Å²) in [5.41, 5.74) is 7.84. The Morgan fingerprint density at radius 1 is 0.821 bits per heavy atom. The minimum Gasteiger partial charge on any atom is -0.354 e. The smallest absolute Gasteiger partial charge is 0.124 e. The van der Waals surface area contributed by atoms with E-state index in [2.05, 4.69) is 71.5 Å². The van der Waals surface area contributed by atoms with Crippen LogP contribution < -0.4 is 0 Å². The lowest BCUT2D eigenvalue weighted by Crippen LogP contribution is -1.85. The molecular formula is C24H19N3S. The molecule has 0 spiro atoms. The molecule has 0 aliphatic heterocycles. The highest BCUT2D eigenvalue weighted by atomic mass is 32.1. The molecule has 2 aromatic carbocycles. The van der Waals surface area contributed by atoms with Crippen LogP contribution in [0, 0.1) is 13.8 Å². The Bertz CT molecular complexity index is 1280. The largest absolute Gasteiger partial charge is 0.354 e. The van der Waals surface area contributed by atoms with Crippen LogP contribution in [0.25, 0.3) is 43.2 Å². The second-order valence-electron chi connectivity index (χ2n) is 6.92. The van der Waals surface area contributed by atoms with Crippen LogP contribution in [0.15, 0.2) is 72.9 Å². The van der Waals surface area contributed by atoms with Crippen LogP contribution in [0.5, 0.6) is 0 Å². The lowest BCUT2D eigenvalue weighted by Gasteiger charge is -2.00. The fraction of sp³-hybridized carbons (Fsp3) is 0.0833. The predicted molar refractivity (Wildman–Crippen MR) is 118 cm³/mol. The SMILES string of the molecule is Cc1ncccc1-c1cc2cc(-c3sc(-c4ccccc4)nc3C)ccc2[nH]1. The van der Waals surface area contributed by atoms with E-state index in [1.165, 1.54) is 21.4 Å². The van der Waals surface area contributed by atoms with Crippen molar-refractivity contribution in [2.75, 3.05) is 0 Å². The standard InChI is InChI=1S/C24H19N3S/c1-15-20(9-6-12-25-15)22-14-19-13-18(10-11-21(19)27-22)23-16(2)26-24(28-23)17-7-4-3-5-8-17/h3-14,27H,1-2H3. The van der Waals surface area contributed by atoms with Crippen molar-refractivity contribution in [2.45, 2.75) is 13.8 Å². The number of aromatic amines is 1. The minimum atomic E-state index is 1.03. The number of aryl methyl sites for hydroxylation is 2. The van der Waals surface area contributed by atoms with Gasteiger partial charge in [-0.05, 0) is 49.7 Å². The Hall–Kier alpha value is -3.24. The topological polar surface area (TPSA) is 41.6 Å². The molecule has 3 heterocycles. The minimum absolute atomic E-state index is 1.03. The molecule has 4 heteroatoms. The van der Waals surface area contributed by atoms with Gasteiger partial charge in [-0.2, -0.15) is 0 Å². The van der Waals surface area contributed by atoms with Gasteiger partial charge in [0.25, 0.3) is 0 Å². The fourth-order valence-electron chi connectivity index (χ4n) is 3.56. The molecule has 0 atom stereocenters. The van der Waals surface area contributed by atoms with Crippen molar-refractivity contribution in [2.24, 2.45) is 0 Å². The van der Waals surface area contributed by atoms with Crippen LogP contribution in [-0.4, -0.2) is 15.0 Å². The maximum atomic E-state index is 4.80. The molecule has 0 saturated carbocycles. The zero-order valence-corrected chi connectivity index (χ0v) is 16.5. The highest BCUT2D eigenvalue weighted by Crippen LogP contribution is 2.37. The first-order valence-corrected chi connectivity index (χ1v) is 10.1. The van der Waals surface area contributed by atoms with E-state index < -0.39 is 0 Å². The Morgan fingerprint density at radius 3 is 2.50 bits per heavy atom. The molecular weight excluding hydrogens is 362 g/mol. The van der Waals surface area contributed by atoms with E-state index in [0.717, 1.165) is 33.2 Å². The normalized spacial score (nSPS) is 11.2.